The average Bonchev–Trinajstić information content (AvgIpc) is 3.23. The van der Waals surface area contributed by atoms with Gasteiger partial charge in [0.15, 0.2) is 5.78 Å². The number of thiophene rings is 1. The standard InChI is InChI=1S/C19H17NO6S2/c21-16(18-2-1-9-27-18)11-14-12-25-8-7-20(14)28(23,24)15-4-5-17-13(10-15)3-6-19(22)26-17/h1-6,9-10,14H,7-8,11-12H2/t14-/m1/s1. The van der Waals surface area contributed by atoms with Gasteiger partial charge in [0.05, 0.1) is 29.0 Å². The van der Waals surface area contributed by atoms with E-state index in [2.05, 4.69) is 0 Å². The average molecular weight is 419 g/mol. The van der Waals surface area contributed by atoms with Crippen LogP contribution in [0.1, 0.15) is 16.1 Å². The molecule has 1 aromatic carbocycles. The zero-order valence-corrected chi connectivity index (χ0v) is 16.4. The van der Waals surface area contributed by atoms with Gasteiger partial charge in [0.2, 0.25) is 10.0 Å². The van der Waals surface area contributed by atoms with Crippen molar-refractivity contribution in [2.24, 2.45) is 0 Å². The van der Waals surface area contributed by atoms with E-state index in [1.807, 2.05) is 5.38 Å². The van der Waals surface area contributed by atoms with Crippen molar-refractivity contribution in [3.63, 3.8) is 0 Å². The molecule has 2 aromatic heterocycles. The molecule has 0 amide bonds. The summed E-state index contributed by atoms with van der Waals surface area (Å²) >= 11 is 1.33. The molecule has 0 unspecified atom stereocenters. The molecule has 4 rings (SSSR count). The van der Waals surface area contributed by atoms with Crippen molar-refractivity contribution >= 4 is 38.1 Å². The van der Waals surface area contributed by atoms with Gasteiger partial charge in [-0.3, -0.25) is 4.79 Å². The zero-order valence-electron chi connectivity index (χ0n) is 14.7. The molecule has 1 aliphatic rings. The number of fused-ring (bicyclic) bond motifs is 1. The molecule has 7 nitrogen and oxygen atoms in total. The van der Waals surface area contributed by atoms with Crippen molar-refractivity contribution < 1.29 is 22.4 Å². The minimum Gasteiger partial charge on any atom is -0.423 e. The molecule has 0 N–H and O–H groups in total. The summed E-state index contributed by atoms with van der Waals surface area (Å²) < 4.78 is 38.3. The molecule has 1 aliphatic heterocycles. The van der Waals surface area contributed by atoms with E-state index in [0.717, 1.165) is 0 Å². The minimum absolute atomic E-state index is 0.0577. The van der Waals surface area contributed by atoms with Crippen LogP contribution in [0.15, 0.2) is 62.0 Å². The van der Waals surface area contributed by atoms with Gasteiger partial charge >= 0.3 is 5.63 Å². The van der Waals surface area contributed by atoms with E-state index in [1.165, 1.54) is 46.0 Å². The van der Waals surface area contributed by atoms with Crippen molar-refractivity contribution in [3.8, 4) is 0 Å². The number of morpholine rings is 1. The summed E-state index contributed by atoms with van der Waals surface area (Å²) in [6.45, 7) is 0.608. The fourth-order valence-electron chi connectivity index (χ4n) is 3.21. The molecule has 0 radical (unpaired) electrons. The number of benzene rings is 1. The third-order valence-electron chi connectivity index (χ3n) is 4.59. The van der Waals surface area contributed by atoms with E-state index in [4.69, 9.17) is 9.15 Å². The fraction of sp³-hybridized carbons (Fsp3) is 0.263. The summed E-state index contributed by atoms with van der Waals surface area (Å²) in [6.07, 6.45) is 0.0577. The number of nitrogens with zero attached hydrogens (tertiary/aromatic N) is 1. The first-order chi connectivity index (χ1) is 13.4. The van der Waals surface area contributed by atoms with Gasteiger partial charge < -0.3 is 9.15 Å². The lowest BCUT2D eigenvalue weighted by Crippen LogP contribution is -2.49. The van der Waals surface area contributed by atoms with Gasteiger partial charge in [-0.05, 0) is 35.7 Å². The second-order valence-electron chi connectivity index (χ2n) is 6.40. The van der Waals surface area contributed by atoms with Gasteiger partial charge in [0.25, 0.3) is 0 Å². The Morgan fingerprint density at radius 1 is 1.21 bits per heavy atom. The molecular weight excluding hydrogens is 402 g/mol. The van der Waals surface area contributed by atoms with Crippen molar-refractivity contribution in [3.05, 3.63) is 63.1 Å². The molecule has 3 aromatic rings. The highest BCUT2D eigenvalue weighted by Gasteiger charge is 2.35. The predicted molar refractivity (Wildman–Crippen MR) is 104 cm³/mol. The highest BCUT2D eigenvalue weighted by atomic mass is 32.2. The molecule has 146 valence electrons. The zero-order chi connectivity index (χ0) is 19.7. The molecular formula is C19H17NO6S2. The van der Waals surface area contributed by atoms with Crippen LogP contribution in [0.2, 0.25) is 0 Å². The predicted octanol–water partition coefficient (Wildman–Crippen LogP) is 2.52. The molecule has 0 spiro atoms. The van der Waals surface area contributed by atoms with Gasteiger partial charge in [-0.2, -0.15) is 4.31 Å². The summed E-state index contributed by atoms with van der Waals surface area (Å²) in [5.74, 6) is -0.106. The van der Waals surface area contributed by atoms with Crippen LogP contribution < -0.4 is 5.63 Å². The van der Waals surface area contributed by atoms with Crippen LogP contribution in [0, 0.1) is 0 Å². The second-order valence-corrected chi connectivity index (χ2v) is 9.24. The molecule has 0 saturated carbocycles. The molecule has 9 heteroatoms. The van der Waals surface area contributed by atoms with Gasteiger partial charge in [0, 0.05) is 24.4 Å². The van der Waals surface area contributed by atoms with E-state index in [1.54, 1.807) is 12.1 Å². The maximum Gasteiger partial charge on any atom is 0.336 e. The molecule has 28 heavy (non-hydrogen) atoms. The van der Waals surface area contributed by atoms with Crippen molar-refractivity contribution in [2.45, 2.75) is 17.4 Å². The van der Waals surface area contributed by atoms with E-state index in [9.17, 15) is 18.0 Å². The first-order valence-electron chi connectivity index (χ1n) is 8.65. The second kappa shape index (κ2) is 7.59. The molecule has 1 fully saturated rings. The lowest BCUT2D eigenvalue weighted by Gasteiger charge is -2.34. The first-order valence-corrected chi connectivity index (χ1v) is 11.0. The van der Waals surface area contributed by atoms with Gasteiger partial charge in [-0.15, -0.1) is 11.3 Å². The van der Waals surface area contributed by atoms with E-state index < -0.39 is 21.7 Å². The van der Waals surface area contributed by atoms with Gasteiger partial charge in [-0.25, -0.2) is 13.2 Å². The van der Waals surface area contributed by atoms with Crippen molar-refractivity contribution in [1.29, 1.82) is 0 Å². The summed E-state index contributed by atoms with van der Waals surface area (Å²) in [5.41, 5.74) is -0.179. The maximum atomic E-state index is 13.2. The van der Waals surface area contributed by atoms with Crippen LogP contribution >= 0.6 is 11.3 Å². The van der Waals surface area contributed by atoms with Crippen LogP contribution in [0.25, 0.3) is 11.0 Å². The van der Waals surface area contributed by atoms with Crippen molar-refractivity contribution in [2.75, 3.05) is 19.8 Å². The number of ketones is 1. The number of carbonyl (C=O) groups is 1. The van der Waals surface area contributed by atoms with Gasteiger partial charge in [0.1, 0.15) is 5.58 Å². The molecule has 0 bridgehead atoms. The lowest BCUT2D eigenvalue weighted by atomic mass is 10.1. The number of ether oxygens (including phenoxy) is 1. The Labute approximate surface area is 165 Å². The number of hydrogen-bond acceptors (Lipinski definition) is 7. The van der Waals surface area contributed by atoms with Crippen LogP contribution in [0.5, 0.6) is 0 Å². The Balaban J connectivity index is 1.65. The first kappa shape index (κ1) is 19.0. The number of hydrogen-bond donors (Lipinski definition) is 0. The highest BCUT2D eigenvalue weighted by Crippen LogP contribution is 2.26. The van der Waals surface area contributed by atoms with Crippen LogP contribution in [-0.2, 0) is 14.8 Å². The lowest BCUT2D eigenvalue weighted by molar-refractivity contribution is 0.0294. The van der Waals surface area contributed by atoms with E-state index in [-0.39, 0.29) is 36.9 Å². The molecule has 1 saturated heterocycles. The van der Waals surface area contributed by atoms with Crippen LogP contribution in [0.3, 0.4) is 0 Å². The summed E-state index contributed by atoms with van der Waals surface area (Å²) in [5, 5.41) is 2.33. The number of Topliss-reactive ketones (excluding diaryl/α,β-unsaturated/α-hetero) is 1. The topological polar surface area (TPSA) is 93.9 Å². The monoisotopic (exact) mass is 419 g/mol. The van der Waals surface area contributed by atoms with Crippen molar-refractivity contribution in [1.82, 2.24) is 4.31 Å². The Kier molecular flexibility index (Phi) is 5.15. The molecule has 0 aliphatic carbocycles. The smallest absolute Gasteiger partial charge is 0.336 e. The SMILES string of the molecule is O=C(C[C@@H]1COCCN1S(=O)(=O)c1ccc2oc(=O)ccc2c1)c1cccs1. The summed E-state index contributed by atoms with van der Waals surface area (Å²) in [4.78, 5) is 24.5. The third-order valence-corrected chi connectivity index (χ3v) is 7.45. The third kappa shape index (κ3) is 3.66. The Morgan fingerprint density at radius 2 is 2.07 bits per heavy atom. The quantitative estimate of drug-likeness (QED) is 0.466. The van der Waals surface area contributed by atoms with E-state index in [0.29, 0.717) is 15.8 Å². The largest absolute Gasteiger partial charge is 0.423 e. The number of rotatable bonds is 5. The highest BCUT2D eigenvalue weighted by molar-refractivity contribution is 7.89. The Morgan fingerprint density at radius 3 is 2.86 bits per heavy atom. The minimum atomic E-state index is -3.84. The van der Waals surface area contributed by atoms with E-state index >= 15 is 0 Å². The number of carbonyl (C=O) groups excluding carboxylic acids is 1. The van der Waals surface area contributed by atoms with Gasteiger partial charge in [-0.1, -0.05) is 6.07 Å². The fourth-order valence-corrected chi connectivity index (χ4v) is 5.52. The summed E-state index contributed by atoms with van der Waals surface area (Å²) in [6, 6.07) is 10.1. The number of sulfonamides is 1. The van der Waals surface area contributed by atoms with Crippen LogP contribution in [-0.4, -0.2) is 44.3 Å². The van der Waals surface area contributed by atoms with Crippen LogP contribution in [0.4, 0.5) is 0 Å². The normalized spacial score (nSPS) is 18.4. The Bertz CT molecular complexity index is 1170. The molecule has 3 heterocycles. The Hall–Kier alpha value is -2.33. The maximum absolute atomic E-state index is 13.2. The molecule has 1 atom stereocenters. The summed E-state index contributed by atoms with van der Waals surface area (Å²) in [7, 11) is -3.84.